The summed E-state index contributed by atoms with van der Waals surface area (Å²) in [4.78, 5) is 15.0. The summed E-state index contributed by atoms with van der Waals surface area (Å²) in [6.45, 7) is 4.02. The normalized spacial score (nSPS) is 26.1. The molecule has 35 heavy (non-hydrogen) atoms. The van der Waals surface area contributed by atoms with Gasteiger partial charge in [0.25, 0.3) is 0 Å². The molecular weight excluding hydrogens is 464 g/mol. The maximum atomic E-state index is 13.7. The van der Waals surface area contributed by atoms with E-state index < -0.39 is 16.1 Å². The molecule has 3 atom stereocenters. The van der Waals surface area contributed by atoms with E-state index in [1.54, 1.807) is 17.9 Å². The number of aliphatic hydroxyl groups is 1. The monoisotopic (exact) mass is 504 g/mol. The third-order valence-electron chi connectivity index (χ3n) is 7.86. The van der Waals surface area contributed by atoms with Gasteiger partial charge in [0, 0.05) is 31.5 Å². The Bertz CT molecular complexity index is 1050. The molecule has 0 spiro atoms. The second-order valence-electron chi connectivity index (χ2n) is 10.6. The summed E-state index contributed by atoms with van der Waals surface area (Å²) in [5.74, 6) is 0.376. The molecule has 2 aliphatic carbocycles. The zero-order valence-electron chi connectivity index (χ0n) is 21.3. The van der Waals surface area contributed by atoms with E-state index in [-0.39, 0.29) is 41.9 Å². The van der Waals surface area contributed by atoms with E-state index >= 15 is 0 Å². The lowest BCUT2D eigenvalue weighted by Crippen LogP contribution is -2.50. The van der Waals surface area contributed by atoms with Gasteiger partial charge < -0.3 is 14.7 Å². The zero-order valence-corrected chi connectivity index (χ0v) is 22.1. The molecule has 1 heterocycles. The number of aliphatic hydroxyl groups excluding tert-OH is 1. The first-order valence-electron chi connectivity index (χ1n) is 13.1. The predicted octanol–water partition coefficient (Wildman–Crippen LogP) is 4.06. The highest BCUT2D eigenvalue weighted by Gasteiger charge is 2.39. The fraction of sp³-hybridized carbons (Fsp3) is 0.667. The number of likely N-dealkylation sites (N-methyl/N-ethyl adjacent to an activating group) is 1. The summed E-state index contributed by atoms with van der Waals surface area (Å²) in [5.41, 5.74) is 2.20. The van der Waals surface area contributed by atoms with Crippen LogP contribution in [0.2, 0.25) is 0 Å². The number of sulfonamides is 1. The molecule has 1 aromatic carbocycles. The average molecular weight is 505 g/mol. The van der Waals surface area contributed by atoms with Crippen LogP contribution in [0.3, 0.4) is 0 Å². The molecule has 1 N–H and O–H groups in total. The van der Waals surface area contributed by atoms with Crippen LogP contribution in [0.1, 0.15) is 70.8 Å². The van der Waals surface area contributed by atoms with Gasteiger partial charge in [0.1, 0.15) is 16.7 Å². The summed E-state index contributed by atoms with van der Waals surface area (Å²) in [6, 6.07) is 4.78. The van der Waals surface area contributed by atoms with Crippen molar-refractivity contribution in [2.45, 2.75) is 82.3 Å². The lowest BCUT2D eigenvalue weighted by molar-refractivity contribution is -0.136. The molecule has 3 aliphatic rings. The summed E-state index contributed by atoms with van der Waals surface area (Å²) in [5, 5.41) is 9.83. The van der Waals surface area contributed by atoms with Crippen molar-refractivity contribution < 1.29 is 23.1 Å². The van der Waals surface area contributed by atoms with Crippen LogP contribution < -0.4 is 4.74 Å². The number of allylic oxidation sites excluding steroid dienone is 2. The molecule has 1 fully saturated rings. The van der Waals surface area contributed by atoms with Crippen molar-refractivity contribution in [1.82, 2.24) is 9.21 Å². The van der Waals surface area contributed by atoms with Crippen molar-refractivity contribution in [3.8, 4) is 5.75 Å². The highest BCUT2D eigenvalue weighted by atomic mass is 32.2. The number of rotatable bonds is 6. The number of fused-ring (bicyclic) bond motifs is 1. The third kappa shape index (κ3) is 5.59. The average Bonchev–Trinajstić information content (AvgIpc) is 3.40. The number of nitrogens with zero attached hydrogens (tertiary/aromatic N) is 2. The molecule has 1 aliphatic heterocycles. The SMILES string of the molecule is C[C@@H]1CN([C@@H](C)CO)S(=O)(=O)c2ccc(C3=CCCC3)cc2O[C@@H]1CN(C)C(=O)C1CCCCC1. The first-order valence-corrected chi connectivity index (χ1v) is 14.5. The topological polar surface area (TPSA) is 87.2 Å². The maximum absolute atomic E-state index is 13.7. The predicted molar refractivity (Wildman–Crippen MR) is 137 cm³/mol. The molecule has 1 amide bonds. The smallest absolute Gasteiger partial charge is 0.247 e. The minimum Gasteiger partial charge on any atom is -0.487 e. The van der Waals surface area contributed by atoms with Crippen LogP contribution in [0, 0.1) is 11.8 Å². The number of carbonyl (C=O) groups is 1. The number of ether oxygens (including phenoxy) is 1. The fourth-order valence-corrected chi connectivity index (χ4v) is 7.42. The Morgan fingerprint density at radius 2 is 1.97 bits per heavy atom. The van der Waals surface area contributed by atoms with Gasteiger partial charge in [-0.2, -0.15) is 4.31 Å². The van der Waals surface area contributed by atoms with Gasteiger partial charge >= 0.3 is 0 Å². The van der Waals surface area contributed by atoms with Crippen molar-refractivity contribution >= 4 is 21.5 Å². The lowest BCUT2D eigenvalue weighted by Gasteiger charge is -2.38. The molecule has 4 rings (SSSR count). The number of hydrogen-bond donors (Lipinski definition) is 1. The second-order valence-corrected chi connectivity index (χ2v) is 12.4. The summed E-state index contributed by atoms with van der Waals surface area (Å²) in [7, 11) is -2.03. The van der Waals surface area contributed by atoms with E-state index in [2.05, 4.69) is 6.08 Å². The molecule has 8 heteroatoms. The maximum Gasteiger partial charge on any atom is 0.247 e. The van der Waals surface area contributed by atoms with Crippen molar-refractivity contribution in [3.63, 3.8) is 0 Å². The fourth-order valence-electron chi connectivity index (χ4n) is 5.60. The van der Waals surface area contributed by atoms with Crippen LogP contribution in [-0.4, -0.2) is 67.5 Å². The Hall–Kier alpha value is -1.90. The van der Waals surface area contributed by atoms with Crippen LogP contribution in [0.25, 0.3) is 5.57 Å². The second kappa shape index (κ2) is 11.0. The van der Waals surface area contributed by atoms with Gasteiger partial charge in [-0.15, -0.1) is 0 Å². The lowest BCUT2D eigenvalue weighted by atomic mass is 9.88. The molecule has 0 saturated heterocycles. The van der Waals surface area contributed by atoms with Crippen molar-refractivity contribution in [2.24, 2.45) is 11.8 Å². The Balaban J connectivity index is 1.67. The number of carbonyl (C=O) groups excluding carboxylic acids is 1. The van der Waals surface area contributed by atoms with E-state index in [0.29, 0.717) is 12.3 Å². The van der Waals surface area contributed by atoms with E-state index in [0.717, 1.165) is 50.5 Å². The molecule has 0 aromatic heterocycles. The van der Waals surface area contributed by atoms with Crippen LogP contribution in [-0.2, 0) is 14.8 Å². The van der Waals surface area contributed by atoms with Gasteiger partial charge in [-0.25, -0.2) is 8.42 Å². The summed E-state index contributed by atoms with van der Waals surface area (Å²) in [6.07, 6.45) is 10.2. The zero-order chi connectivity index (χ0) is 25.2. The van der Waals surface area contributed by atoms with E-state index in [1.165, 1.54) is 16.3 Å². The van der Waals surface area contributed by atoms with Crippen LogP contribution >= 0.6 is 0 Å². The molecule has 194 valence electrons. The molecule has 1 saturated carbocycles. The summed E-state index contributed by atoms with van der Waals surface area (Å²) >= 11 is 0. The number of benzene rings is 1. The molecule has 0 unspecified atom stereocenters. The van der Waals surface area contributed by atoms with Gasteiger partial charge in [0.15, 0.2) is 0 Å². The van der Waals surface area contributed by atoms with Crippen LogP contribution in [0.5, 0.6) is 5.75 Å². The quantitative estimate of drug-likeness (QED) is 0.631. The Morgan fingerprint density at radius 3 is 2.63 bits per heavy atom. The number of hydrogen-bond acceptors (Lipinski definition) is 5. The standard InChI is InChI=1S/C27H40N2O5S/c1-19-16-29(20(2)18-30)35(32,33)26-14-13-23(21-9-7-8-10-21)15-24(26)34-25(19)17-28(3)27(31)22-11-5-4-6-12-22/h9,13-15,19-20,22,25,30H,4-8,10-12,16-18H2,1-3H3/t19-,20+,25-/m1/s1. The van der Waals surface area contributed by atoms with E-state index in [4.69, 9.17) is 4.74 Å². The molecular formula is C27H40N2O5S. The van der Waals surface area contributed by atoms with Gasteiger partial charge in [-0.1, -0.05) is 38.3 Å². The molecule has 1 aromatic rings. The number of amides is 1. The first kappa shape index (κ1) is 26.2. The van der Waals surface area contributed by atoms with Gasteiger partial charge in [-0.05, 0) is 62.3 Å². The van der Waals surface area contributed by atoms with Crippen molar-refractivity contribution in [1.29, 1.82) is 0 Å². The Kier molecular flexibility index (Phi) is 8.23. The minimum absolute atomic E-state index is 0.0668. The summed E-state index contributed by atoms with van der Waals surface area (Å²) < 4.78 is 35.2. The minimum atomic E-state index is -3.86. The Labute approximate surface area is 210 Å². The molecule has 0 bridgehead atoms. The van der Waals surface area contributed by atoms with E-state index in [9.17, 15) is 18.3 Å². The van der Waals surface area contributed by atoms with Crippen LogP contribution in [0.15, 0.2) is 29.2 Å². The third-order valence-corrected chi connectivity index (χ3v) is 9.88. The van der Waals surface area contributed by atoms with Crippen molar-refractivity contribution in [2.75, 3.05) is 26.7 Å². The molecule has 7 nitrogen and oxygen atoms in total. The van der Waals surface area contributed by atoms with Crippen LogP contribution in [0.4, 0.5) is 0 Å². The van der Waals surface area contributed by atoms with Gasteiger partial charge in [0.05, 0.1) is 13.2 Å². The highest BCUT2D eigenvalue weighted by Crippen LogP contribution is 2.37. The molecule has 0 radical (unpaired) electrons. The highest BCUT2D eigenvalue weighted by molar-refractivity contribution is 7.89. The largest absolute Gasteiger partial charge is 0.487 e. The van der Waals surface area contributed by atoms with Gasteiger partial charge in [0.2, 0.25) is 15.9 Å². The Morgan fingerprint density at radius 1 is 1.23 bits per heavy atom. The van der Waals surface area contributed by atoms with Crippen molar-refractivity contribution in [3.05, 3.63) is 29.8 Å². The first-order chi connectivity index (χ1) is 16.7. The van der Waals surface area contributed by atoms with Gasteiger partial charge in [-0.3, -0.25) is 4.79 Å². The van der Waals surface area contributed by atoms with E-state index in [1.807, 2.05) is 26.1 Å².